The largest absolute Gasteiger partial charge is 0.370 e. The molecule has 3 N–H and O–H groups in total. The van der Waals surface area contributed by atoms with E-state index in [2.05, 4.69) is 62.2 Å². The van der Waals surface area contributed by atoms with E-state index in [-0.39, 0.29) is 11.0 Å². The van der Waals surface area contributed by atoms with Gasteiger partial charge < -0.3 is 11.1 Å². The van der Waals surface area contributed by atoms with E-state index in [1.807, 2.05) is 0 Å². The third-order valence-corrected chi connectivity index (χ3v) is 3.34. The molecule has 0 aliphatic heterocycles. The predicted molar refractivity (Wildman–Crippen MR) is 83.9 cm³/mol. The molecule has 1 rings (SSSR count). The van der Waals surface area contributed by atoms with Crippen LogP contribution >= 0.6 is 11.3 Å². The third-order valence-electron chi connectivity index (χ3n) is 2.43. The number of aliphatic imine (C=N–C) groups is 1. The number of guanidine groups is 1. The van der Waals surface area contributed by atoms with Crippen molar-refractivity contribution in [2.75, 3.05) is 6.54 Å². The fourth-order valence-corrected chi connectivity index (χ4v) is 2.48. The quantitative estimate of drug-likeness (QED) is 0.662. The summed E-state index contributed by atoms with van der Waals surface area (Å²) in [6.45, 7) is 13.4. The van der Waals surface area contributed by atoms with Gasteiger partial charge in [-0.05, 0) is 20.8 Å². The minimum Gasteiger partial charge on any atom is -0.370 e. The van der Waals surface area contributed by atoms with Gasteiger partial charge in [0.1, 0.15) is 0 Å². The number of hydrogen-bond acceptors (Lipinski definition) is 3. The summed E-state index contributed by atoms with van der Waals surface area (Å²) in [7, 11) is 0. The molecule has 1 aromatic rings. The molecule has 0 fully saturated rings. The molecule has 108 valence electrons. The maximum atomic E-state index is 5.82. The van der Waals surface area contributed by atoms with Gasteiger partial charge in [-0.1, -0.05) is 20.8 Å². The lowest BCUT2D eigenvalue weighted by Gasteiger charge is -2.20. The third kappa shape index (κ3) is 6.05. The van der Waals surface area contributed by atoms with Crippen LogP contribution in [-0.4, -0.2) is 23.0 Å². The van der Waals surface area contributed by atoms with Gasteiger partial charge in [0.2, 0.25) is 0 Å². The number of nitrogens with zero attached hydrogens (tertiary/aromatic N) is 2. The van der Waals surface area contributed by atoms with Crippen LogP contribution in [0.2, 0.25) is 0 Å². The van der Waals surface area contributed by atoms with Gasteiger partial charge in [-0.15, -0.1) is 11.3 Å². The van der Waals surface area contributed by atoms with Crippen LogP contribution in [-0.2, 0) is 11.8 Å². The fraction of sp³-hybridized carbons (Fsp3) is 0.714. The van der Waals surface area contributed by atoms with Gasteiger partial charge in [0.25, 0.3) is 0 Å². The second-order valence-electron chi connectivity index (χ2n) is 6.77. The number of aromatic nitrogens is 1. The highest BCUT2D eigenvalue weighted by Gasteiger charge is 2.17. The second-order valence-corrected chi connectivity index (χ2v) is 7.71. The van der Waals surface area contributed by atoms with Gasteiger partial charge in [0.15, 0.2) is 5.96 Å². The summed E-state index contributed by atoms with van der Waals surface area (Å²) in [5.74, 6) is 0.500. The Balaban J connectivity index is 2.50. The minimum absolute atomic E-state index is 0.0475. The molecule has 4 nitrogen and oxygen atoms in total. The van der Waals surface area contributed by atoms with E-state index in [0.717, 1.165) is 17.1 Å². The molecule has 0 saturated carbocycles. The summed E-state index contributed by atoms with van der Waals surface area (Å²) in [5.41, 5.74) is 7.04. The molecule has 0 atom stereocenters. The predicted octanol–water partition coefficient (Wildman–Crippen LogP) is 2.69. The van der Waals surface area contributed by atoms with Crippen LogP contribution in [0.4, 0.5) is 0 Å². The van der Waals surface area contributed by atoms with Crippen molar-refractivity contribution in [2.45, 2.75) is 58.9 Å². The Hall–Kier alpha value is -1.10. The zero-order valence-electron chi connectivity index (χ0n) is 12.9. The highest BCUT2D eigenvalue weighted by atomic mass is 32.1. The van der Waals surface area contributed by atoms with Crippen molar-refractivity contribution in [3.05, 3.63) is 16.1 Å². The van der Waals surface area contributed by atoms with Crippen LogP contribution in [0.3, 0.4) is 0 Å². The number of nitrogens with one attached hydrogen (secondary N) is 1. The molecule has 0 aliphatic rings. The van der Waals surface area contributed by atoms with Gasteiger partial charge in [-0.3, -0.25) is 4.99 Å². The zero-order valence-corrected chi connectivity index (χ0v) is 13.7. The Morgan fingerprint density at radius 1 is 1.32 bits per heavy atom. The Kier molecular flexibility index (Phi) is 4.96. The van der Waals surface area contributed by atoms with Gasteiger partial charge in [-0.25, -0.2) is 4.98 Å². The Morgan fingerprint density at radius 3 is 2.42 bits per heavy atom. The van der Waals surface area contributed by atoms with E-state index in [1.165, 1.54) is 0 Å². The van der Waals surface area contributed by atoms with Gasteiger partial charge in [-0.2, -0.15) is 0 Å². The molecule has 5 heteroatoms. The first-order valence-corrected chi connectivity index (χ1v) is 7.49. The van der Waals surface area contributed by atoms with Crippen LogP contribution in [0.15, 0.2) is 10.4 Å². The summed E-state index contributed by atoms with van der Waals surface area (Å²) < 4.78 is 0. The number of rotatable bonds is 3. The first kappa shape index (κ1) is 16.0. The monoisotopic (exact) mass is 282 g/mol. The van der Waals surface area contributed by atoms with Gasteiger partial charge in [0, 0.05) is 29.3 Å². The maximum Gasteiger partial charge on any atom is 0.188 e. The number of hydrogen-bond donors (Lipinski definition) is 2. The topological polar surface area (TPSA) is 63.3 Å². The molecular formula is C14H26N4S. The summed E-state index contributed by atoms with van der Waals surface area (Å²) in [5, 5.41) is 6.40. The lowest BCUT2D eigenvalue weighted by atomic mass is 9.93. The van der Waals surface area contributed by atoms with Crippen molar-refractivity contribution in [3.8, 4) is 0 Å². The summed E-state index contributed by atoms with van der Waals surface area (Å²) in [4.78, 5) is 8.97. The Labute approximate surface area is 120 Å². The van der Waals surface area contributed by atoms with Crippen LogP contribution < -0.4 is 11.1 Å². The Bertz CT molecular complexity index is 435. The minimum atomic E-state index is -0.0475. The fourth-order valence-electron chi connectivity index (χ4n) is 1.47. The Morgan fingerprint density at radius 2 is 1.95 bits per heavy atom. The van der Waals surface area contributed by atoms with E-state index in [4.69, 9.17) is 5.73 Å². The van der Waals surface area contributed by atoms with E-state index in [0.29, 0.717) is 12.5 Å². The average molecular weight is 282 g/mol. The summed E-state index contributed by atoms with van der Waals surface area (Å²) in [6, 6.07) is 0. The second kappa shape index (κ2) is 5.90. The first-order chi connectivity index (χ1) is 8.58. The molecule has 0 spiro atoms. The van der Waals surface area contributed by atoms with Crippen LogP contribution in [0.1, 0.15) is 52.2 Å². The highest BCUT2D eigenvalue weighted by Crippen LogP contribution is 2.23. The molecule has 19 heavy (non-hydrogen) atoms. The molecule has 1 aromatic heterocycles. The van der Waals surface area contributed by atoms with Gasteiger partial charge >= 0.3 is 0 Å². The maximum absolute atomic E-state index is 5.82. The first-order valence-electron chi connectivity index (χ1n) is 6.61. The molecular weight excluding hydrogens is 256 g/mol. The SMILES string of the molecule is CC(C)(C)NC(N)=NCCc1nc(C(C)(C)C)cs1. The number of thiazole rings is 1. The average Bonchev–Trinajstić information content (AvgIpc) is 2.62. The van der Waals surface area contributed by atoms with Crippen LogP contribution in [0.25, 0.3) is 0 Å². The summed E-state index contributed by atoms with van der Waals surface area (Å²) in [6.07, 6.45) is 0.841. The molecule has 0 radical (unpaired) electrons. The van der Waals surface area contributed by atoms with Crippen molar-refractivity contribution in [2.24, 2.45) is 10.7 Å². The van der Waals surface area contributed by atoms with Gasteiger partial charge in [0.05, 0.1) is 10.7 Å². The lowest BCUT2D eigenvalue weighted by molar-refractivity contribution is 0.508. The molecule has 0 amide bonds. The highest BCUT2D eigenvalue weighted by molar-refractivity contribution is 7.09. The van der Waals surface area contributed by atoms with E-state index in [9.17, 15) is 0 Å². The summed E-state index contributed by atoms with van der Waals surface area (Å²) >= 11 is 1.70. The van der Waals surface area contributed by atoms with E-state index < -0.39 is 0 Å². The molecule has 1 heterocycles. The lowest BCUT2D eigenvalue weighted by Crippen LogP contribution is -2.45. The normalized spacial score (nSPS) is 13.7. The number of nitrogens with two attached hydrogens (primary N) is 1. The molecule has 0 bridgehead atoms. The van der Waals surface area contributed by atoms with Crippen LogP contribution in [0.5, 0.6) is 0 Å². The molecule has 0 saturated heterocycles. The van der Waals surface area contributed by atoms with E-state index in [1.54, 1.807) is 11.3 Å². The molecule has 0 aromatic carbocycles. The van der Waals surface area contributed by atoms with E-state index >= 15 is 0 Å². The van der Waals surface area contributed by atoms with Crippen molar-refractivity contribution < 1.29 is 0 Å². The van der Waals surface area contributed by atoms with Crippen molar-refractivity contribution in [3.63, 3.8) is 0 Å². The smallest absolute Gasteiger partial charge is 0.188 e. The molecule has 0 aliphatic carbocycles. The van der Waals surface area contributed by atoms with Crippen molar-refractivity contribution in [1.29, 1.82) is 0 Å². The zero-order chi connectivity index (χ0) is 14.7. The molecule has 0 unspecified atom stereocenters. The van der Waals surface area contributed by atoms with Crippen molar-refractivity contribution in [1.82, 2.24) is 10.3 Å². The standard InChI is InChI=1S/C14H26N4S/c1-13(2,3)10-9-19-11(17-10)7-8-16-12(15)18-14(4,5)6/h9H,7-8H2,1-6H3,(H3,15,16,18). The van der Waals surface area contributed by atoms with Crippen molar-refractivity contribution >= 4 is 17.3 Å². The van der Waals surface area contributed by atoms with Crippen LogP contribution in [0, 0.1) is 0 Å².